The first-order valence-corrected chi connectivity index (χ1v) is 7.18. The van der Waals surface area contributed by atoms with Crippen molar-refractivity contribution in [3.63, 3.8) is 0 Å². The molecule has 1 aromatic heterocycles. The molecule has 22 heavy (non-hydrogen) atoms. The van der Waals surface area contributed by atoms with Crippen molar-refractivity contribution in [3.05, 3.63) is 53.6 Å². The lowest BCUT2D eigenvalue weighted by atomic mass is 10.1. The van der Waals surface area contributed by atoms with Crippen molar-refractivity contribution in [2.75, 3.05) is 26.7 Å². The molecule has 2 heterocycles. The Labute approximate surface area is 129 Å². The zero-order valence-electron chi connectivity index (χ0n) is 12.4. The largest absolute Gasteiger partial charge is 0.347 e. The fourth-order valence-electron chi connectivity index (χ4n) is 2.68. The molecule has 112 valence electrons. The highest BCUT2D eigenvalue weighted by molar-refractivity contribution is 5.94. The number of carbonyl (C=O) groups is 1. The predicted molar refractivity (Wildman–Crippen MR) is 81.0 cm³/mol. The first-order chi connectivity index (χ1) is 10.7. The van der Waals surface area contributed by atoms with Crippen LogP contribution in [0.25, 0.3) is 0 Å². The second-order valence-electron chi connectivity index (χ2n) is 5.41. The number of nitrogens with one attached hydrogen (secondary N) is 1. The summed E-state index contributed by atoms with van der Waals surface area (Å²) in [7, 11) is 2.04. The SMILES string of the molecule is CN1CCN(C(=O)c2ccc(C#N)cc2)CC1c1ncc[nH]1. The number of benzene rings is 1. The summed E-state index contributed by atoms with van der Waals surface area (Å²) < 4.78 is 0. The second kappa shape index (κ2) is 6.00. The second-order valence-corrected chi connectivity index (χ2v) is 5.41. The van der Waals surface area contributed by atoms with E-state index in [2.05, 4.69) is 20.9 Å². The smallest absolute Gasteiger partial charge is 0.253 e. The van der Waals surface area contributed by atoms with Crippen molar-refractivity contribution in [2.24, 2.45) is 0 Å². The van der Waals surface area contributed by atoms with Crippen LogP contribution in [0, 0.1) is 11.3 Å². The van der Waals surface area contributed by atoms with Crippen LogP contribution in [-0.2, 0) is 0 Å². The molecule has 6 heteroatoms. The van der Waals surface area contributed by atoms with E-state index in [1.54, 1.807) is 36.7 Å². The third-order valence-electron chi connectivity index (χ3n) is 4.03. The van der Waals surface area contributed by atoms with Gasteiger partial charge in [0, 0.05) is 37.6 Å². The molecule has 0 radical (unpaired) electrons. The third-order valence-corrected chi connectivity index (χ3v) is 4.03. The van der Waals surface area contributed by atoms with Crippen LogP contribution >= 0.6 is 0 Å². The zero-order valence-corrected chi connectivity index (χ0v) is 12.4. The summed E-state index contributed by atoms with van der Waals surface area (Å²) in [4.78, 5) is 24.1. The van der Waals surface area contributed by atoms with Crippen molar-refractivity contribution in [1.29, 1.82) is 5.26 Å². The van der Waals surface area contributed by atoms with Crippen molar-refractivity contribution < 1.29 is 4.79 Å². The minimum absolute atomic E-state index is 0.00542. The van der Waals surface area contributed by atoms with E-state index in [1.807, 2.05) is 11.9 Å². The summed E-state index contributed by atoms with van der Waals surface area (Å²) in [6.07, 6.45) is 3.52. The number of aromatic amines is 1. The number of carbonyl (C=O) groups excluding carboxylic acids is 1. The maximum Gasteiger partial charge on any atom is 0.253 e. The van der Waals surface area contributed by atoms with Crippen molar-refractivity contribution >= 4 is 5.91 Å². The first-order valence-electron chi connectivity index (χ1n) is 7.18. The van der Waals surface area contributed by atoms with Gasteiger partial charge in [0.1, 0.15) is 5.82 Å². The molecular weight excluding hydrogens is 278 g/mol. The minimum atomic E-state index is -0.00542. The predicted octanol–water partition coefficient (Wildman–Crippen LogP) is 1.41. The fourth-order valence-corrected chi connectivity index (χ4v) is 2.68. The van der Waals surface area contributed by atoms with Crippen LogP contribution in [0.2, 0.25) is 0 Å². The Bertz CT molecular complexity index is 686. The molecule has 1 saturated heterocycles. The van der Waals surface area contributed by atoms with Gasteiger partial charge in [-0.1, -0.05) is 0 Å². The molecule has 0 bridgehead atoms. The van der Waals surface area contributed by atoms with Gasteiger partial charge in [0.15, 0.2) is 0 Å². The number of H-pyrrole nitrogens is 1. The van der Waals surface area contributed by atoms with E-state index in [1.165, 1.54) is 0 Å². The Morgan fingerprint density at radius 3 is 2.77 bits per heavy atom. The molecule has 0 spiro atoms. The van der Waals surface area contributed by atoms with Crippen LogP contribution < -0.4 is 0 Å². The molecule has 1 N–H and O–H groups in total. The maximum atomic E-state index is 12.6. The maximum absolute atomic E-state index is 12.6. The quantitative estimate of drug-likeness (QED) is 0.909. The molecule has 3 rings (SSSR count). The molecule has 1 aliphatic heterocycles. The van der Waals surface area contributed by atoms with E-state index in [0.717, 1.165) is 12.4 Å². The van der Waals surface area contributed by atoms with E-state index in [9.17, 15) is 4.79 Å². The number of aromatic nitrogens is 2. The van der Waals surface area contributed by atoms with Crippen LogP contribution in [0.4, 0.5) is 0 Å². The normalized spacial score (nSPS) is 18.9. The summed E-state index contributed by atoms with van der Waals surface area (Å²) in [5, 5.41) is 8.82. The summed E-state index contributed by atoms with van der Waals surface area (Å²) in [6, 6.07) is 8.90. The van der Waals surface area contributed by atoms with Gasteiger partial charge in [-0.25, -0.2) is 4.98 Å². The average molecular weight is 295 g/mol. The van der Waals surface area contributed by atoms with Crippen molar-refractivity contribution in [3.8, 4) is 6.07 Å². The summed E-state index contributed by atoms with van der Waals surface area (Å²) >= 11 is 0. The van der Waals surface area contributed by atoms with E-state index >= 15 is 0 Å². The molecule has 1 aromatic carbocycles. The fraction of sp³-hybridized carbons (Fsp3) is 0.312. The van der Waals surface area contributed by atoms with Crippen LogP contribution in [0.3, 0.4) is 0 Å². The van der Waals surface area contributed by atoms with Gasteiger partial charge in [0.2, 0.25) is 0 Å². The van der Waals surface area contributed by atoms with Gasteiger partial charge in [0.25, 0.3) is 5.91 Å². The topological polar surface area (TPSA) is 76.0 Å². The van der Waals surface area contributed by atoms with Gasteiger partial charge in [-0.2, -0.15) is 5.26 Å². The van der Waals surface area contributed by atoms with Gasteiger partial charge >= 0.3 is 0 Å². The zero-order chi connectivity index (χ0) is 15.5. The summed E-state index contributed by atoms with van der Waals surface area (Å²) in [6.45, 7) is 2.09. The van der Waals surface area contributed by atoms with Crippen LogP contribution in [0.1, 0.15) is 27.8 Å². The number of likely N-dealkylation sites (N-methyl/N-ethyl adjacent to an activating group) is 1. The van der Waals surface area contributed by atoms with E-state index in [0.29, 0.717) is 24.2 Å². The number of nitrogens with zero attached hydrogens (tertiary/aromatic N) is 4. The highest BCUT2D eigenvalue weighted by atomic mass is 16.2. The Kier molecular flexibility index (Phi) is 3.90. The molecule has 1 atom stereocenters. The lowest BCUT2D eigenvalue weighted by molar-refractivity contribution is 0.0534. The highest BCUT2D eigenvalue weighted by Gasteiger charge is 2.30. The summed E-state index contributed by atoms with van der Waals surface area (Å²) in [5.41, 5.74) is 1.17. The van der Waals surface area contributed by atoms with E-state index < -0.39 is 0 Å². The molecule has 0 aliphatic carbocycles. The van der Waals surface area contributed by atoms with Crippen LogP contribution in [0.15, 0.2) is 36.7 Å². The Morgan fingerprint density at radius 1 is 1.36 bits per heavy atom. The summed E-state index contributed by atoms with van der Waals surface area (Å²) in [5.74, 6) is 0.869. The van der Waals surface area contributed by atoms with Crippen LogP contribution in [-0.4, -0.2) is 52.4 Å². The molecule has 6 nitrogen and oxygen atoms in total. The van der Waals surface area contributed by atoms with Gasteiger partial charge < -0.3 is 9.88 Å². The number of piperazine rings is 1. The third kappa shape index (κ3) is 2.71. The Morgan fingerprint density at radius 2 is 2.14 bits per heavy atom. The number of amides is 1. The molecule has 2 aromatic rings. The van der Waals surface area contributed by atoms with Gasteiger partial charge in [0.05, 0.1) is 17.7 Å². The van der Waals surface area contributed by atoms with Crippen molar-refractivity contribution in [1.82, 2.24) is 19.8 Å². The molecule has 1 unspecified atom stereocenters. The van der Waals surface area contributed by atoms with Gasteiger partial charge in [-0.3, -0.25) is 9.69 Å². The average Bonchev–Trinajstić information content (AvgIpc) is 3.09. The van der Waals surface area contributed by atoms with Gasteiger partial charge in [-0.05, 0) is 31.3 Å². The highest BCUT2D eigenvalue weighted by Crippen LogP contribution is 2.22. The lowest BCUT2D eigenvalue weighted by Crippen LogP contribution is -2.49. The first kappa shape index (κ1) is 14.3. The Balaban J connectivity index is 1.76. The van der Waals surface area contributed by atoms with E-state index in [4.69, 9.17) is 5.26 Å². The number of rotatable bonds is 2. The molecule has 1 fully saturated rings. The van der Waals surface area contributed by atoms with E-state index in [-0.39, 0.29) is 11.9 Å². The number of nitriles is 1. The number of hydrogen-bond acceptors (Lipinski definition) is 4. The van der Waals surface area contributed by atoms with Crippen LogP contribution in [0.5, 0.6) is 0 Å². The monoisotopic (exact) mass is 295 g/mol. The van der Waals surface area contributed by atoms with Crippen molar-refractivity contribution in [2.45, 2.75) is 6.04 Å². The molecule has 0 saturated carbocycles. The number of imidazole rings is 1. The molecule has 1 aliphatic rings. The minimum Gasteiger partial charge on any atom is -0.347 e. The number of hydrogen-bond donors (Lipinski definition) is 1. The lowest BCUT2D eigenvalue weighted by Gasteiger charge is -2.38. The molecular formula is C16H17N5O. The van der Waals surface area contributed by atoms with Gasteiger partial charge in [-0.15, -0.1) is 0 Å². The standard InChI is InChI=1S/C16H17N5O/c1-20-8-9-21(11-14(20)15-18-6-7-19-15)16(22)13-4-2-12(10-17)3-5-13/h2-7,14H,8-9,11H2,1H3,(H,18,19). The molecule has 1 amide bonds. The Hall–Kier alpha value is -2.65.